The van der Waals surface area contributed by atoms with Gasteiger partial charge in [0.15, 0.2) is 11.5 Å². The van der Waals surface area contributed by atoms with E-state index in [9.17, 15) is 10.1 Å². The molecule has 0 saturated heterocycles. The van der Waals surface area contributed by atoms with E-state index < -0.39 is 4.92 Å². The van der Waals surface area contributed by atoms with Crippen molar-refractivity contribution in [3.05, 3.63) is 52.1 Å². The Bertz CT molecular complexity index is 647. The predicted molar refractivity (Wildman–Crippen MR) is 77.5 cm³/mol. The molecule has 0 bridgehead atoms. The van der Waals surface area contributed by atoms with Gasteiger partial charge in [-0.05, 0) is 31.2 Å². The molecule has 0 fully saturated rings. The Morgan fingerprint density at radius 3 is 2.14 bits per heavy atom. The Morgan fingerprint density at radius 2 is 1.67 bits per heavy atom. The van der Waals surface area contributed by atoms with Crippen molar-refractivity contribution in [2.24, 2.45) is 0 Å². The summed E-state index contributed by atoms with van der Waals surface area (Å²) in [7, 11) is 3.06. The van der Waals surface area contributed by atoms with Crippen LogP contribution >= 0.6 is 0 Å². The molecule has 6 nitrogen and oxygen atoms in total. The monoisotopic (exact) mass is 289 g/mol. The summed E-state index contributed by atoms with van der Waals surface area (Å²) in [4.78, 5) is 10.4. The van der Waals surface area contributed by atoms with Crippen LogP contribution in [0.5, 0.6) is 23.0 Å². The summed E-state index contributed by atoms with van der Waals surface area (Å²) in [5.41, 5.74) is 0.570. The quantitative estimate of drug-likeness (QED) is 0.619. The lowest BCUT2D eigenvalue weighted by Gasteiger charge is -2.14. The van der Waals surface area contributed by atoms with Crippen molar-refractivity contribution < 1.29 is 19.1 Å². The number of rotatable bonds is 5. The van der Waals surface area contributed by atoms with Crippen LogP contribution in [-0.2, 0) is 0 Å². The minimum atomic E-state index is -0.428. The maximum absolute atomic E-state index is 10.8. The van der Waals surface area contributed by atoms with E-state index in [1.54, 1.807) is 31.2 Å². The van der Waals surface area contributed by atoms with Crippen LogP contribution in [0.4, 0.5) is 5.69 Å². The Morgan fingerprint density at radius 1 is 1.05 bits per heavy atom. The normalized spacial score (nSPS) is 10.0. The van der Waals surface area contributed by atoms with Crippen LogP contribution in [0.15, 0.2) is 36.4 Å². The van der Waals surface area contributed by atoms with Crippen LogP contribution in [0.2, 0.25) is 0 Å². The van der Waals surface area contributed by atoms with Crippen LogP contribution in [0.25, 0.3) is 0 Å². The van der Waals surface area contributed by atoms with Crippen molar-refractivity contribution >= 4 is 5.69 Å². The summed E-state index contributed by atoms with van der Waals surface area (Å²) in [6.45, 7) is 1.66. The highest BCUT2D eigenvalue weighted by molar-refractivity contribution is 5.54. The fourth-order valence-corrected chi connectivity index (χ4v) is 1.93. The molecule has 0 heterocycles. The average molecular weight is 289 g/mol. The van der Waals surface area contributed by atoms with Crippen molar-refractivity contribution in [1.29, 1.82) is 0 Å². The van der Waals surface area contributed by atoms with E-state index in [2.05, 4.69) is 0 Å². The van der Waals surface area contributed by atoms with Crippen molar-refractivity contribution in [3.8, 4) is 23.0 Å². The van der Waals surface area contributed by atoms with E-state index in [4.69, 9.17) is 14.2 Å². The zero-order chi connectivity index (χ0) is 15.4. The van der Waals surface area contributed by atoms with Gasteiger partial charge in [0.05, 0.1) is 19.1 Å². The standard InChI is InChI=1S/C15H15NO5/c1-10-9-11(7-8-12(10)16(17)18)21-15-13(19-2)5-4-6-14(15)20-3/h4-9H,1-3H3. The summed E-state index contributed by atoms with van der Waals surface area (Å²) in [6.07, 6.45) is 0. The third-order valence-corrected chi connectivity index (χ3v) is 2.97. The van der Waals surface area contributed by atoms with E-state index in [0.29, 0.717) is 28.6 Å². The van der Waals surface area contributed by atoms with E-state index in [0.717, 1.165) is 0 Å². The number of nitrogens with zero attached hydrogens (tertiary/aromatic N) is 1. The molecule has 2 aromatic rings. The highest BCUT2D eigenvalue weighted by Gasteiger charge is 2.15. The van der Waals surface area contributed by atoms with Gasteiger partial charge in [-0.1, -0.05) is 6.07 Å². The average Bonchev–Trinajstić information content (AvgIpc) is 2.47. The van der Waals surface area contributed by atoms with Gasteiger partial charge in [-0.15, -0.1) is 0 Å². The van der Waals surface area contributed by atoms with Gasteiger partial charge in [-0.3, -0.25) is 10.1 Å². The lowest BCUT2D eigenvalue weighted by Crippen LogP contribution is -1.96. The first kappa shape index (κ1) is 14.6. The zero-order valence-electron chi connectivity index (χ0n) is 12.0. The highest BCUT2D eigenvalue weighted by atomic mass is 16.6. The molecule has 0 radical (unpaired) electrons. The summed E-state index contributed by atoms with van der Waals surface area (Å²) in [5, 5.41) is 10.8. The molecule has 0 aliphatic rings. The Hall–Kier alpha value is -2.76. The molecule has 110 valence electrons. The number of hydrogen-bond acceptors (Lipinski definition) is 5. The van der Waals surface area contributed by atoms with Crippen molar-refractivity contribution in [2.45, 2.75) is 6.92 Å². The molecule has 0 N–H and O–H groups in total. The topological polar surface area (TPSA) is 70.8 Å². The highest BCUT2D eigenvalue weighted by Crippen LogP contribution is 2.40. The molecule has 21 heavy (non-hydrogen) atoms. The molecular formula is C15H15NO5. The zero-order valence-corrected chi connectivity index (χ0v) is 12.0. The number of benzene rings is 2. The van der Waals surface area contributed by atoms with E-state index in [1.807, 2.05) is 0 Å². The van der Waals surface area contributed by atoms with Crippen LogP contribution in [0.3, 0.4) is 0 Å². The first-order valence-corrected chi connectivity index (χ1v) is 6.20. The predicted octanol–water partition coefficient (Wildman–Crippen LogP) is 3.71. The number of ether oxygens (including phenoxy) is 3. The molecule has 0 saturated carbocycles. The maximum Gasteiger partial charge on any atom is 0.272 e. The van der Waals surface area contributed by atoms with Gasteiger partial charge in [-0.25, -0.2) is 0 Å². The van der Waals surface area contributed by atoms with E-state index in [1.165, 1.54) is 26.4 Å². The fourth-order valence-electron chi connectivity index (χ4n) is 1.93. The van der Waals surface area contributed by atoms with Crippen molar-refractivity contribution in [2.75, 3.05) is 14.2 Å². The molecule has 6 heteroatoms. The Labute approximate surface area is 122 Å². The van der Waals surface area contributed by atoms with Gasteiger partial charge in [0.2, 0.25) is 5.75 Å². The summed E-state index contributed by atoms with van der Waals surface area (Å²) < 4.78 is 16.2. The molecule has 0 spiro atoms. The number of nitro benzene ring substituents is 1. The second kappa shape index (κ2) is 6.13. The van der Waals surface area contributed by atoms with E-state index in [-0.39, 0.29) is 5.69 Å². The first-order valence-electron chi connectivity index (χ1n) is 6.20. The minimum Gasteiger partial charge on any atom is -0.493 e. The smallest absolute Gasteiger partial charge is 0.272 e. The van der Waals surface area contributed by atoms with Crippen LogP contribution < -0.4 is 14.2 Å². The molecule has 0 atom stereocenters. The maximum atomic E-state index is 10.8. The second-order valence-corrected chi connectivity index (χ2v) is 4.30. The van der Waals surface area contributed by atoms with E-state index >= 15 is 0 Å². The van der Waals surface area contributed by atoms with Gasteiger partial charge in [0.1, 0.15) is 5.75 Å². The summed E-state index contributed by atoms with van der Waals surface area (Å²) in [5.74, 6) is 1.94. The number of hydrogen-bond donors (Lipinski definition) is 0. The van der Waals surface area contributed by atoms with Crippen molar-refractivity contribution in [1.82, 2.24) is 0 Å². The van der Waals surface area contributed by atoms with Crippen LogP contribution in [-0.4, -0.2) is 19.1 Å². The SMILES string of the molecule is COc1cccc(OC)c1Oc1ccc([N+](=O)[O-])c(C)c1. The number of methoxy groups -OCH3 is 2. The first-order chi connectivity index (χ1) is 10.1. The molecule has 0 amide bonds. The Kier molecular flexibility index (Phi) is 4.27. The van der Waals surface area contributed by atoms with Gasteiger partial charge in [0.25, 0.3) is 5.69 Å². The molecule has 2 rings (SSSR count). The van der Waals surface area contributed by atoms with Crippen molar-refractivity contribution in [3.63, 3.8) is 0 Å². The van der Waals surface area contributed by atoms with Gasteiger partial charge in [0, 0.05) is 11.6 Å². The molecular weight excluding hydrogens is 274 g/mol. The lowest BCUT2D eigenvalue weighted by atomic mass is 10.2. The summed E-state index contributed by atoms with van der Waals surface area (Å²) in [6, 6.07) is 9.82. The van der Waals surface area contributed by atoms with Crippen LogP contribution in [0.1, 0.15) is 5.56 Å². The molecule has 0 aromatic heterocycles. The third kappa shape index (κ3) is 3.05. The second-order valence-electron chi connectivity index (χ2n) is 4.30. The summed E-state index contributed by atoms with van der Waals surface area (Å²) >= 11 is 0. The number of aryl methyl sites for hydroxylation is 1. The fraction of sp³-hybridized carbons (Fsp3) is 0.200. The largest absolute Gasteiger partial charge is 0.493 e. The number of para-hydroxylation sites is 1. The van der Waals surface area contributed by atoms with Crippen LogP contribution in [0, 0.1) is 17.0 Å². The number of nitro groups is 1. The van der Waals surface area contributed by atoms with Gasteiger partial charge < -0.3 is 14.2 Å². The lowest BCUT2D eigenvalue weighted by molar-refractivity contribution is -0.385. The van der Waals surface area contributed by atoms with Gasteiger partial charge in [-0.2, -0.15) is 0 Å². The minimum absolute atomic E-state index is 0.0503. The third-order valence-electron chi connectivity index (χ3n) is 2.97. The molecule has 0 aliphatic heterocycles. The van der Waals surface area contributed by atoms with Gasteiger partial charge >= 0.3 is 0 Å². The molecule has 2 aromatic carbocycles. The Balaban J connectivity index is 2.38. The molecule has 0 aliphatic carbocycles. The molecule has 0 unspecified atom stereocenters.